The average molecular weight is 370 g/mol. The van der Waals surface area contributed by atoms with Crippen LogP contribution >= 0.6 is 34.7 Å². The van der Waals surface area contributed by atoms with Crippen LogP contribution in [-0.4, -0.2) is 41.8 Å². The van der Waals surface area contributed by atoms with Crippen LogP contribution < -0.4 is 10.6 Å². The zero-order valence-electron chi connectivity index (χ0n) is 13.0. The molecule has 0 bridgehead atoms. The van der Waals surface area contributed by atoms with Gasteiger partial charge in [0.25, 0.3) is 0 Å². The lowest BCUT2D eigenvalue weighted by molar-refractivity contribution is 0.776. The summed E-state index contributed by atoms with van der Waals surface area (Å²) >= 11 is 9.25. The maximum atomic E-state index is 5.77. The van der Waals surface area contributed by atoms with Gasteiger partial charge in [-0.05, 0) is 24.5 Å². The van der Waals surface area contributed by atoms with E-state index in [0.717, 1.165) is 47.5 Å². The second-order valence-corrected chi connectivity index (χ2v) is 7.29. The molecule has 0 radical (unpaired) electrons. The fourth-order valence-electron chi connectivity index (χ4n) is 1.82. The number of hydrogen-bond donors (Lipinski definition) is 2. The fraction of sp³-hybridized carbons (Fsp3) is 0.400. The molecule has 8 heteroatoms. The van der Waals surface area contributed by atoms with Crippen LogP contribution in [0.1, 0.15) is 12.0 Å². The van der Waals surface area contributed by atoms with Crippen molar-refractivity contribution in [3.05, 3.63) is 40.6 Å². The normalized spacial score (nSPS) is 11.5. The highest BCUT2D eigenvalue weighted by Crippen LogP contribution is 2.20. The lowest BCUT2D eigenvalue weighted by Crippen LogP contribution is -2.38. The molecule has 2 N–H and O–H groups in total. The van der Waals surface area contributed by atoms with Crippen molar-refractivity contribution in [3.63, 3.8) is 0 Å². The third kappa shape index (κ3) is 7.20. The molecule has 124 valence electrons. The molecule has 5 nitrogen and oxygen atoms in total. The molecule has 0 aliphatic rings. The van der Waals surface area contributed by atoms with Gasteiger partial charge in [-0.15, -0.1) is 11.3 Å². The smallest absolute Gasteiger partial charge is 0.190 e. The van der Waals surface area contributed by atoms with Crippen LogP contribution in [0.3, 0.4) is 0 Å². The summed E-state index contributed by atoms with van der Waals surface area (Å²) in [4.78, 5) is 12.5. The molecule has 0 amide bonds. The van der Waals surface area contributed by atoms with Gasteiger partial charge < -0.3 is 10.6 Å². The van der Waals surface area contributed by atoms with Crippen molar-refractivity contribution in [1.29, 1.82) is 0 Å². The summed E-state index contributed by atoms with van der Waals surface area (Å²) in [5, 5.41) is 9.14. The van der Waals surface area contributed by atoms with Crippen molar-refractivity contribution in [2.45, 2.75) is 17.2 Å². The maximum absolute atomic E-state index is 5.77. The predicted octanol–water partition coefficient (Wildman–Crippen LogP) is 3.08. The summed E-state index contributed by atoms with van der Waals surface area (Å²) in [6.07, 6.45) is 5.58. The number of thiazole rings is 1. The Morgan fingerprint density at radius 1 is 1.30 bits per heavy atom. The molecule has 0 atom stereocenters. The standard InChI is InChI=1S/C15H20ClN5S2/c1-17-14(18-6-2-9-22-15-20-8-10-23-15)19-7-5-12-3-4-13(16)21-11-12/h3-4,8,10-11H,2,5-7,9H2,1H3,(H2,17,18,19). The minimum atomic E-state index is 0.523. The Morgan fingerprint density at radius 3 is 2.87 bits per heavy atom. The number of rotatable bonds is 8. The van der Waals surface area contributed by atoms with E-state index in [4.69, 9.17) is 11.6 Å². The zero-order chi connectivity index (χ0) is 16.3. The number of hydrogen-bond acceptors (Lipinski definition) is 5. The van der Waals surface area contributed by atoms with Crippen molar-refractivity contribution >= 4 is 40.7 Å². The number of halogens is 1. The Bertz CT molecular complexity index is 586. The van der Waals surface area contributed by atoms with Gasteiger partial charge in [0, 0.05) is 43.7 Å². The molecule has 2 aromatic heterocycles. The molecule has 0 spiro atoms. The van der Waals surface area contributed by atoms with E-state index < -0.39 is 0 Å². The molecular formula is C15H20ClN5S2. The van der Waals surface area contributed by atoms with Crippen LogP contribution in [-0.2, 0) is 6.42 Å². The lowest BCUT2D eigenvalue weighted by Gasteiger charge is -2.11. The SMILES string of the molecule is CN=C(NCCCSc1nccs1)NCCc1ccc(Cl)nc1. The number of guanidine groups is 1. The molecule has 0 fully saturated rings. The summed E-state index contributed by atoms with van der Waals surface area (Å²) < 4.78 is 1.13. The van der Waals surface area contributed by atoms with Gasteiger partial charge in [-0.2, -0.15) is 0 Å². The first-order valence-corrected chi connectivity index (χ1v) is 9.59. The van der Waals surface area contributed by atoms with Gasteiger partial charge in [-0.25, -0.2) is 9.97 Å². The predicted molar refractivity (Wildman–Crippen MR) is 99.8 cm³/mol. The highest BCUT2D eigenvalue weighted by Gasteiger charge is 2.00. The molecule has 2 rings (SSSR count). The third-order valence-electron chi connectivity index (χ3n) is 2.97. The molecule has 0 saturated carbocycles. The van der Waals surface area contributed by atoms with E-state index in [1.54, 1.807) is 36.3 Å². The Balaban J connectivity index is 1.57. The number of pyridine rings is 1. The van der Waals surface area contributed by atoms with Crippen molar-refractivity contribution in [2.24, 2.45) is 4.99 Å². The average Bonchev–Trinajstić information content (AvgIpc) is 3.08. The number of thioether (sulfide) groups is 1. The van der Waals surface area contributed by atoms with E-state index in [-0.39, 0.29) is 0 Å². The highest BCUT2D eigenvalue weighted by atomic mass is 35.5. The Kier molecular flexibility index (Phi) is 8.20. The first-order chi connectivity index (χ1) is 11.3. The molecule has 0 aromatic carbocycles. The van der Waals surface area contributed by atoms with Gasteiger partial charge in [0.2, 0.25) is 0 Å². The van der Waals surface area contributed by atoms with Crippen molar-refractivity contribution in [2.75, 3.05) is 25.9 Å². The van der Waals surface area contributed by atoms with Gasteiger partial charge in [0.05, 0.1) is 0 Å². The minimum Gasteiger partial charge on any atom is -0.356 e. The van der Waals surface area contributed by atoms with Crippen LogP contribution in [0.5, 0.6) is 0 Å². The van der Waals surface area contributed by atoms with Gasteiger partial charge in [-0.1, -0.05) is 29.4 Å². The molecule has 2 heterocycles. The molecule has 0 aliphatic carbocycles. The first kappa shape index (κ1) is 18.0. The third-order valence-corrected chi connectivity index (χ3v) is 5.24. The van der Waals surface area contributed by atoms with Crippen LogP contribution in [0.25, 0.3) is 0 Å². The first-order valence-electron chi connectivity index (χ1n) is 7.35. The van der Waals surface area contributed by atoms with Gasteiger partial charge >= 0.3 is 0 Å². The van der Waals surface area contributed by atoms with E-state index in [1.807, 2.05) is 23.7 Å². The molecule has 0 saturated heterocycles. The second kappa shape index (κ2) is 10.5. The molecule has 23 heavy (non-hydrogen) atoms. The summed E-state index contributed by atoms with van der Waals surface area (Å²) in [5.41, 5.74) is 1.15. The monoisotopic (exact) mass is 369 g/mol. The summed E-state index contributed by atoms with van der Waals surface area (Å²) in [6, 6.07) is 3.80. The van der Waals surface area contributed by atoms with Crippen LogP contribution in [0.15, 0.2) is 39.2 Å². The Morgan fingerprint density at radius 2 is 2.17 bits per heavy atom. The Hall–Kier alpha value is -1.31. The molecular weight excluding hydrogens is 350 g/mol. The van der Waals surface area contributed by atoms with Gasteiger partial charge in [-0.3, -0.25) is 4.99 Å². The van der Waals surface area contributed by atoms with Crippen molar-refractivity contribution in [3.8, 4) is 0 Å². The number of aliphatic imine (C=N–C) groups is 1. The number of nitrogens with one attached hydrogen (secondary N) is 2. The topological polar surface area (TPSA) is 62.2 Å². The number of nitrogens with zero attached hydrogens (tertiary/aromatic N) is 3. The van der Waals surface area contributed by atoms with Gasteiger partial charge in [0.1, 0.15) is 9.49 Å². The molecule has 0 unspecified atom stereocenters. The van der Waals surface area contributed by atoms with E-state index in [9.17, 15) is 0 Å². The quantitative estimate of drug-likeness (QED) is 0.246. The second-order valence-electron chi connectivity index (χ2n) is 4.66. The molecule has 0 aliphatic heterocycles. The van der Waals surface area contributed by atoms with E-state index in [0.29, 0.717) is 5.15 Å². The lowest BCUT2D eigenvalue weighted by atomic mass is 10.2. The van der Waals surface area contributed by atoms with Crippen LogP contribution in [0, 0.1) is 0 Å². The van der Waals surface area contributed by atoms with E-state index >= 15 is 0 Å². The van der Waals surface area contributed by atoms with Crippen LogP contribution in [0.4, 0.5) is 0 Å². The summed E-state index contributed by atoms with van der Waals surface area (Å²) in [5.74, 6) is 1.87. The number of aromatic nitrogens is 2. The Labute approximate surface area is 150 Å². The zero-order valence-corrected chi connectivity index (χ0v) is 15.3. The largest absolute Gasteiger partial charge is 0.356 e. The van der Waals surface area contributed by atoms with Crippen LogP contribution in [0.2, 0.25) is 5.15 Å². The maximum Gasteiger partial charge on any atom is 0.190 e. The fourth-order valence-corrected chi connectivity index (χ4v) is 3.58. The molecule has 2 aromatic rings. The van der Waals surface area contributed by atoms with Gasteiger partial charge in [0.15, 0.2) is 5.96 Å². The van der Waals surface area contributed by atoms with E-state index in [1.165, 1.54) is 0 Å². The minimum absolute atomic E-state index is 0.523. The highest BCUT2D eigenvalue weighted by molar-refractivity contribution is 8.00. The van der Waals surface area contributed by atoms with E-state index in [2.05, 4.69) is 25.6 Å². The van der Waals surface area contributed by atoms with Crippen molar-refractivity contribution in [1.82, 2.24) is 20.6 Å². The summed E-state index contributed by atoms with van der Waals surface area (Å²) in [6.45, 7) is 1.69. The van der Waals surface area contributed by atoms with Crippen molar-refractivity contribution < 1.29 is 0 Å². The summed E-state index contributed by atoms with van der Waals surface area (Å²) in [7, 11) is 1.78.